The summed E-state index contributed by atoms with van der Waals surface area (Å²) in [4.78, 5) is 11.6. The van der Waals surface area contributed by atoms with E-state index in [0.717, 1.165) is 5.56 Å². The van der Waals surface area contributed by atoms with Crippen LogP contribution in [0.15, 0.2) is 80.8 Å². The molecule has 1 aromatic heterocycles. The summed E-state index contributed by atoms with van der Waals surface area (Å²) in [5.41, 5.74) is 2.26. The fourth-order valence-electron chi connectivity index (χ4n) is 3.29. The molecule has 0 saturated heterocycles. The molecule has 0 aliphatic carbocycles. The van der Waals surface area contributed by atoms with E-state index in [1.807, 2.05) is 30.3 Å². The number of hydrogen-bond donors (Lipinski definition) is 1. The third-order valence-electron chi connectivity index (χ3n) is 4.90. The van der Waals surface area contributed by atoms with Crippen molar-refractivity contribution in [3.63, 3.8) is 0 Å². The molecular weight excluding hydrogens is 438 g/mol. The highest BCUT2D eigenvalue weighted by Gasteiger charge is 2.20. The van der Waals surface area contributed by atoms with Crippen LogP contribution in [-0.4, -0.2) is 13.0 Å². The lowest BCUT2D eigenvalue weighted by molar-refractivity contribution is 0.527. The molecule has 1 heterocycles. The van der Waals surface area contributed by atoms with Crippen molar-refractivity contribution in [2.45, 2.75) is 10.8 Å². The smallest absolute Gasteiger partial charge is 0.408 e. The lowest BCUT2D eigenvalue weighted by atomic mass is 9.92. The Morgan fingerprint density at radius 3 is 2.52 bits per heavy atom. The van der Waals surface area contributed by atoms with E-state index in [4.69, 9.17) is 16.0 Å². The lowest BCUT2D eigenvalue weighted by Crippen LogP contribution is -2.13. The molecule has 7 nitrogen and oxygen atoms in total. The molecule has 0 aliphatic heterocycles. The second kappa shape index (κ2) is 7.95. The monoisotopic (exact) mass is 453 g/mol. The quantitative estimate of drug-likeness (QED) is 0.486. The van der Waals surface area contributed by atoms with E-state index < -0.39 is 21.7 Å². The molecule has 0 saturated carbocycles. The average Bonchev–Trinajstić information content (AvgIpc) is 3.04. The van der Waals surface area contributed by atoms with Crippen LogP contribution in [-0.2, 0) is 17.1 Å². The topological polar surface area (TPSA) is 105 Å². The van der Waals surface area contributed by atoms with E-state index in [9.17, 15) is 18.5 Å². The van der Waals surface area contributed by atoms with Gasteiger partial charge in [-0.1, -0.05) is 48.0 Å². The van der Waals surface area contributed by atoms with Crippen LogP contribution in [0.1, 0.15) is 17.0 Å². The highest BCUT2D eigenvalue weighted by Crippen LogP contribution is 2.32. The van der Waals surface area contributed by atoms with Crippen LogP contribution in [0.5, 0.6) is 0 Å². The fourth-order valence-corrected chi connectivity index (χ4v) is 4.64. The van der Waals surface area contributed by atoms with Crippen LogP contribution in [0.2, 0.25) is 5.02 Å². The Kier molecular flexibility index (Phi) is 5.31. The van der Waals surface area contributed by atoms with Crippen LogP contribution in [0.4, 0.5) is 5.69 Å². The molecule has 0 aliphatic rings. The molecule has 156 valence electrons. The fraction of sp³-hybridized carbons (Fsp3) is 0.0909. The van der Waals surface area contributed by atoms with Crippen molar-refractivity contribution in [1.29, 1.82) is 5.26 Å². The zero-order valence-corrected chi connectivity index (χ0v) is 17.8. The lowest BCUT2D eigenvalue weighted by Gasteiger charge is -2.14. The number of hydrogen-bond acceptors (Lipinski definition) is 5. The van der Waals surface area contributed by atoms with E-state index in [-0.39, 0.29) is 21.2 Å². The second-order valence-corrected chi connectivity index (χ2v) is 8.96. The number of halogens is 1. The molecule has 0 unspecified atom stereocenters. The maximum Gasteiger partial charge on any atom is 0.419 e. The van der Waals surface area contributed by atoms with E-state index in [0.29, 0.717) is 11.1 Å². The van der Waals surface area contributed by atoms with Gasteiger partial charge in [-0.3, -0.25) is 9.29 Å². The van der Waals surface area contributed by atoms with Crippen LogP contribution in [0.3, 0.4) is 0 Å². The summed E-state index contributed by atoms with van der Waals surface area (Å²) in [6, 6.07) is 20.2. The summed E-state index contributed by atoms with van der Waals surface area (Å²) in [5, 5.41) is 9.88. The predicted octanol–water partition coefficient (Wildman–Crippen LogP) is 4.24. The first kappa shape index (κ1) is 20.7. The number of rotatable bonds is 5. The van der Waals surface area contributed by atoms with Gasteiger partial charge in [0.05, 0.1) is 28.1 Å². The number of oxazole rings is 1. The summed E-state index contributed by atoms with van der Waals surface area (Å²) in [5.74, 6) is -1.16. The van der Waals surface area contributed by atoms with Crippen LogP contribution < -0.4 is 10.5 Å². The Morgan fingerprint density at radius 1 is 1.10 bits per heavy atom. The van der Waals surface area contributed by atoms with Crippen molar-refractivity contribution >= 4 is 38.4 Å². The summed E-state index contributed by atoms with van der Waals surface area (Å²) in [6.45, 7) is 0. The average molecular weight is 454 g/mol. The predicted molar refractivity (Wildman–Crippen MR) is 118 cm³/mol. The molecule has 0 fully saturated rings. The third kappa shape index (κ3) is 3.93. The molecule has 0 bridgehead atoms. The van der Waals surface area contributed by atoms with Gasteiger partial charge in [-0.15, -0.1) is 0 Å². The molecule has 1 atom stereocenters. The van der Waals surface area contributed by atoms with Gasteiger partial charge in [-0.2, -0.15) is 5.26 Å². The second-order valence-electron chi connectivity index (χ2n) is 6.87. The number of nitriles is 1. The Hall–Kier alpha value is -3.54. The van der Waals surface area contributed by atoms with Gasteiger partial charge in [0.2, 0.25) is 0 Å². The number of anilines is 1. The van der Waals surface area contributed by atoms with Gasteiger partial charge < -0.3 is 4.42 Å². The van der Waals surface area contributed by atoms with E-state index in [1.165, 1.54) is 35.9 Å². The largest absolute Gasteiger partial charge is 0.419 e. The van der Waals surface area contributed by atoms with E-state index in [1.54, 1.807) is 12.1 Å². The number of fused-ring (bicyclic) bond motifs is 1. The number of nitrogens with one attached hydrogen (secondary N) is 1. The van der Waals surface area contributed by atoms with Crippen molar-refractivity contribution in [2.75, 3.05) is 4.72 Å². The summed E-state index contributed by atoms with van der Waals surface area (Å²) in [6.07, 6.45) is 0. The number of sulfonamides is 1. The van der Waals surface area contributed by atoms with Gasteiger partial charge in [-0.05, 0) is 35.4 Å². The van der Waals surface area contributed by atoms with E-state index in [2.05, 4.69) is 10.8 Å². The van der Waals surface area contributed by atoms with Gasteiger partial charge in [0, 0.05) is 18.1 Å². The molecule has 31 heavy (non-hydrogen) atoms. The first-order valence-corrected chi connectivity index (χ1v) is 11.0. The molecular formula is C22H16ClN3O4S. The molecule has 0 radical (unpaired) electrons. The van der Waals surface area contributed by atoms with Gasteiger partial charge in [0.25, 0.3) is 10.0 Å². The Bertz CT molecular complexity index is 1480. The minimum atomic E-state index is -3.96. The van der Waals surface area contributed by atoms with Crippen molar-refractivity contribution in [3.05, 3.63) is 93.4 Å². The molecule has 0 amide bonds. The number of aryl methyl sites for hydroxylation is 1. The van der Waals surface area contributed by atoms with E-state index >= 15 is 0 Å². The summed E-state index contributed by atoms with van der Waals surface area (Å²) < 4.78 is 34.4. The van der Waals surface area contributed by atoms with Crippen molar-refractivity contribution in [1.82, 2.24) is 4.57 Å². The minimum Gasteiger partial charge on any atom is -0.408 e. The van der Waals surface area contributed by atoms with Crippen LogP contribution >= 0.6 is 11.6 Å². The van der Waals surface area contributed by atoms with Gasteiger partial charge >= 0.3 is 5.76 Å². The third-order valence-corrected chi connectivity index (χ3v) is 6.61. The van der Waals surface area contributed by atoms with Crippen molar-refractivity contribution in [2.24, 2.45) is 7.05 Å². The maximum atomic E-state index is 12.8. The number of benzene rings is 3. The van der Waals surface area contributed by atoms with Crippen LogP contribution in [0, 0.1) is 11.3 Å². The van der Waals surface area contributed by atoms with Crippen LogP contribution in [0.25, 0.3) is 11.1 Å². The zero-order chi connectivity index (χ0) is 22.2. The highest BCUT2D eigenvalue weighted by molar-refractivity contribution is 7.92. The van der Waals surface area contributed by atoms with Gasteiger partial charge in [0.15, 0.2) is 5.58 Å². The molecule has 1 N–H and O–H groups in total. The molecule has 9 heteroatoms. The maximum absolute atomic E-state index is 12.8. The van der Waals surface area contributed by atoms with Crippen molar-refractivity contribution < 1.29 is 12.8 Å². The molecule has 3 aromatic carbocycles. The molecule has 4 rings (SSSR count). The Balaban J connectivity index is 1.64. The molecule has 0 spiro atoms. The minimum absolute atomic E-state index is 0.0614. The summed E-state index contributed by atoms with van der Waals surface area (Å²) in [7, 11) is -2.43. The highest BCUT2D eigenvalue weighted by atomic mass is 35.5. The van der Waals surface area contributed by atoms with Gasteiger partial charge in [-0.25, -0.2) is 13.2 Å². The first-order valence-electron chi connectivity index (χ1n) is 9.16. The Labute approximate surface area is 183 Å². The SMILES string of the molecule is Cn1c(=O)oc2cc(S(=O)(=O)Nc3ccc([C@@H](C#N)c4ccccc4)c(Cl)c3)ccc21. The zero-order valence-electron chi connectivity index (χ0n) is 16.2. The number of nitrogens with zero attached hydrogens (tertiary/aromatic N) is 2. The molecule has 4 aromatic rings. The first-order chi connectivity index (χ1) is 14.8. The Morgan fingerprint density at radius 2 is 1.84 bits per heavy atom. The van der Waals surface area contributed by atoms with Crippen molar-refractivity contribution in [3.8, 4) is 6.07 Å². The standard InChI is InChI=1S/C22H16ClN3O4S/c1-26-20-10-8-16(12-21(20)30-22(26)27)31(28,29)25-15-7-9-17(19(23)11-15)18(13-24)14-5-3-2-4-6-14/h2-12,18,25H,1H3/t18-/m0/s1. The summed E-state index contributed by atoms with van der Waals surface area (Å²) >= 11 is 6.39. The number of aromatic nitrogens is 1. The normalized spacial score (nSPS) is 12.4. The van der Waals surface area contributed by atoms with Gasteiger partial charge in [0.1, 0.15) is 0 Å².